The molecule has 10 nitrogen and oxygen atoms in total. The van der Waals surface area contributed by atoms with E-state index in [1.54, 1.807) is 0 Å². The Hall–Kier alpha value is -3.12. The molecule has 0 N–H and O–H groups in total. The van der Waals surface area contributed by atoms with Crippen LogP contribution in [0.1, 0.15) is 0 Å². The maximum Gasteiger partial charge on any atom is 0.327 e. The van der Waals surface area contributed by atoms with E-state index in [1.165, 1.54) is 29.2 Å². The molecule has 0 amide bonds. The Bertz CT molecular complexity index is 1040. The van der Waals surface area contributed by atoms with Crippen LogP contribution >= 0.6 is 0 Å². The standard InChI is InChI=1S/C16H15FN4O6S/c17-12-4-3-6-14(16(12)21(24)25)18-8-10-19(11-9-18)28(26,27)15-7-2-1-5-13(15)20(22)23/h1-7H,8-11H2. The van der Waals surface area contributed by atoms with Crippen LogP contribution in [0.25, 0.3) is 0 Å². The van der Waals surface area contributed by atoms with E-state index in [2.05, 4.69) is 0 Å². The van der Waals surface area contributed by atoms with Crippen LogP contribution in [0, 0.1) is 26.0 Å². The van der Waals surface area contributed by atoms with E-state index in [0.29, 0.717) is 0 Å². The minimum absolute atomic E-state index is 0.0535. The van der Waals surface area contributed by atoms with E-state index in [0.717, 1.165) is 22.5 Å². The lowest BCUT2D eigenvalue weighted by Crippen LogP contribution is -2.48. The average Bonchev–Trinajstić information content (AvgIpc) is 2.67. The highest BCUT2D eigenvalue weighted by molar-refractivity contribution is 7.89. The molecule has 0 aromatic heterocycles. The number of para-hydroxylation sites is 2. The summed E-state index contributed by atoms with van der Waals surface area (Å²) >= 11 is 0. The lowest BCUT2D eigenvalue weighted by molar-refractivity contribution is -0.387. The van der Waals surface area contributed by atoms with E-state index < -0.39 is 42.0 Å². The van der Waals surface area contributed by atoms with Crippen molar-refractivity contribution in [2.24, 2.45) is 0 Å². The van der Waals surface area contributed by atoms with Crippen molar-refractivity contribution in [2.75, 3.05) is 31.1 Å². The Labute approximate surface area is 159 Å². The van der Waals surface area contributed by atoms with Gasteiger partial charge in [-0.25, -0.2) is 8.42 Å². The molecule has 12 heteroatoms. The van der Waals surface area contributed by atoms with Gasteiger partial charge in [-0.05, 0) is 18.2 Å². The van der Waals surface area contributed by atoms with E-state index >= 15 is 0 Å². The summed E-state index contributed by atoms with van der Waals surface area (Å²) < 4.78 is 40.5. The number of benzene rings is 2. The van der Waals surface area contributed by atoms with Crippen molar-refractivity contribution in [1.82, 2.24) is 4.31 Å². The lowest BCUT2D eigenvalue weighted by atomic mass is 10.2. The molecule has 148 valence electrons. The molecule has 0 radical (unpaired) electrons. The molecular formula is C16H15FN4O6S. The minimum atomic E-state index is -4.12. The molecule has 0 spiro atoms. The van der Waals surface area contributed by atoms with Gasteiger partial charge in [-0.15, -0.1) is 0 Å². The van der Waals surface area contributed by atoms with Gasteiger partial charge >= 0.3 is 5.69 Å². The molecule has 28 heavy (non-hydrogen) atoms. The summed E-state index contributed by atoms with van der Waals surface area (Å²) in [6, 6.07) is 8.76. The van der Waals surface area contributed by atoms with Gasteiger partial charge in [0.1, 0.15) is 5.69 Å². The maximum absolute atomic E-state index is 13.8. The van der Waals surface area contributed by atoms with Gasteiger partial charge in [-0.1, -0.05) is 18.2 Å². The molecule has 1 saturated heterocycles. The molecule has 1 heterocycles. The minimum Gasteiger partial charge on any atom is -0.363 e. The molecule has 1 aliphatic rings. The van der Waals surface area contributed by atoms with E-state index in [-0.39, 0.29) is 31.9 Å². The van der Waals surface area contributed by atoms with Gasteiger partial charge in [0.25, 0.3) is 5.69 Å². The number of nitrogens with zero attached hydrogens (tertiary/aromatic N) is 4. The first kappa shape index (κ1) is 19.6. The van der Waals surface area contributed by atoms with Crippen molar-refractivity contribution >= 4 is 27.1 Å². The Morgan fingerprint density at radius 2 is 1.54 bits per heavy atom. The second-order valence-corrected chi connectivity index (χ2v) is 7.89. The zero-order valence-electron chi connectivity index (χ0n) is 14.4. The maximum atomic E-state index is 13.8. The molecular weight excluding hydrogens is 395 g/mol. The Morgan fingerprint density at radius 1 is 0.893 bits per heavy atom. The number of halogens is 1. The summed E-state index contributed by atoms with van der Waals surface area (Å²) in [6.07, 6.45) is 0. The first-order chi connectivity index (χ1) is 13.2. The second kappa shape index (κ2) is 7.48. The predicted octanol–water partition coefficient (Wildman–Crippen LogP) is 2.15. The van der Waals surface area contributed by atoms with Crippen molar-refractivity contribution in [3.63, 3.8) is 0 Å². The highest BCUT2D eigenvalue weighted by Crippen LogP contribution is 2.32. The summed E-state index contributed by atoms with van der Waals surface area (Å²) in [4.78, 5) is 21.8. The number of piperazine rings is 1. The van der Waals surface area contributed by atoms with Crippen LogP contribution in [0.2, 0.25) is 0 Å². The first-order valence-electron chi connectivity index (χ1n) is 8.15. The molecule has 0 aliphatic carbocycles. The number of hydrogen-bond acceptors (Lipinski definition) is 7. The van der Waals surface area contributed by atoms with E-state index in [9.17, 15) is 33.0 Å². The van der Waals surface area contributed by atoms with Gasteiger partial charge in [0, 0.05) is 32.2 Å². The van der Waals surface area contributed by atoms with Gasteiger partial charge in [0.2, 0.25) is 15.8 Å². The third-order valence-electron chi connectivity index (χ3n) is 4.41. The predicted molar refractivity (Wildman–Crippen MR) is 97.1 cm³/mol. The molecule has 2 aromatic carbocycles. The number of nitro benzene ring substituents is 2. The van der Waals surface area contributed by atoms with Gasteiger partial charge < -0.3 is 4.90 Å². The zero-order valence-corrected chi connectivity index (χ0v) is 15.2. The van der Waals surface area contributed by atoms with Crippen molar-refractivity contribution in [3.05, 3.63) is 68.5 Å². The van der Waals surface area contributed by atoms with Crippen LogP contribution in [0.3, 0.4) is 0 Å². The van der Waals surface area contributed by atoms with Gasteiger partial charge in [-0.2, -0.15) is 8.70 Å². The van der Waals surface area contributed by atoms with Crippen LogP contribution in [0.5, 0.6) is 0 Å². The number of nitro groups is 2. The molecule has 2 aromatic rings. The zero-order chi connectivity index (χ0) is 20.5. The van der Waals surface area contributed by atoms with Crippen molar-refractivity contribution in [3.8, 4) is 0 Å². The fraction of sp³-hybridized carbons (Fsp3) is 0.250. The largest absolute Gasteiger partial charge is 0.363 e. The van der Waals surface area contributed by atoms with Gasteiger partial charge in [-0.3, -0.25) is 20.2 Å². The molecule has 3 rings (SSSR count). The normalized spacial score (nSPS) is 15.4. The quantitative estimate of drug-likeness (QED) is 0.546. The second-order valence-electron chi connectivity index (χ2n) is 5.98. The first-order valence-corrected chi connectivity index (χ1v) is 9.59. The number of sulfonamides is 1. The Balaban J connectivity index is 1.84. The lowest BCUT2D eigenvalue weighted by Gasteiger charge is -2.34. The fourth-order valence-electron chi connectivity index (χ4n) is 3.07. The van der Waals surface area contributed by atoms with Crippen LogP contribution in [-0.2, 0) is 10.0 Å². The van der Waals surface area contributed by atoms with Crippen molar-refractivity contribution in [1.29, 1.82) is 0 Å². The molecule has 0 bridgehead atoms. The van der Waals surface area contributed by atoms with Crippen LogP contribution in [-0.4, -0.2) is 48.7 Å². The number of hydrogen-bond donors (Lipinski definition) is 0. The topological polar surface area (TPSA) is 127 Å². The smallest absolute Gasteiger partial charge is 0.327 e. The summed E-state index contributed by atoms with van der Waals surface area (Å²) in [5.41, 5.74) is -1.13. The van der Waals surface area contributed by atoms with Gasteiger partial charge in [0.05, 0.1) is 9.85 Å². The summed E-state index contributed by atoms with van der Waals surface area (Å²) in [7, 11) is -4.12. The van der Waals surface area contributed by atoms with E-state index in [4.69, 9.17) is 0 Å². The monoisotopic (exact) mass is 410 g/mol. The fourth-order valence-corrected chi connectivity index (χ4v) is 4.65. The SMILES string of the molecule is O=[N+]([O-])c1ccccc1S(=O)(=O)N1CCN(c2cccc(F)c2[N+](=O)[O-])CC1. The van der Waals surface area contributed by atoms with Crippen LogP contribution in [0.15, 0.2) is 47.4 Å². The molecule has 1 fully saturated rings. The van der Waals surface area contributed by atoms with Crippen LogP contribution in [0.4, 0.5) is 21.5 Å². The highest BCUT2D eigenvalue weighted by atomic mass is 32.2. The number of anilines is 1. The Kier molecular flexibility index (Phi) is 5.25. The van der Waals surface area contributed by atoms with Crippen molar-refractivity contribution < 1.29 is 22.7 Å². The summed E-state index contributed by atoms with van der Waals surface area (Å²) in [6.45, 7) is 0.0401. The summed E-state index contributed by atoms with van der Waals surface area (Å²) in [5, 5.41) is 22.3. The average molecular weight is 410 g/mol. The Morgan fingerprint density at radius 3 is 2.14 bits per heavy atom. The molecule has 1 aliphatic heterocycles. The summed E-state index contributed by atoms with van der Waals surface area (Å²) in [5.74, 6) is -0.975. The molecule has 0 atom stereocenters. The third kappa shape index (κ3) is 3.51. The molecule has 0 unspecified atom stereocenters. The van der Waals surface area contributed by atoms with E-state index in [1.807, 2.05) is 0 Å². The number of rotatable bonds is 5. The van der Waals surface area contributed by atoms with Crippen LogP contribution < -0.4 is 4.90 Å². The highest BCUT2D eigenvalue weighted by Gasteiger charge is 2.35. The molecule has 0 saturated carbocycles. The third-order valence-corrected chi connectivity index (χ3v) is 6.35. The van der Waals surface area contributed by atoms with Crippen molar-refractivity contribution in [2.45, 2.75) is 4.90 Å². The van der Waals surface area contributed by atoms with Gasteiger partial charge in [0.15, 0.2) is 4.90 Å².